The summed E-state index contributed by atoms with van der Waals surface area (Å²) < 4.78 is 41.0. The number of nitrogens with zero attached hydrogens (tertiary/aromatic N) is 2. The first-order valence-electron chi connectivity index (χ1n) is 11.8. The third kappa shape index (κ3) is 6.36. The number of benzene rings is 2. The Hall–Kier alpha value is -2.00. The monoisotopic (exact) mass is 507 g/mol. The van der Waals surface area contributed by atoms with E-state index in [0.717, 1.165) is 25.2 Å². The molecule has 0 radical (unpaired) electrons. The Morgan fingerprint density at radius 3 is 2.41 bits per heavy atom. The second-order valence-corrected chi connectivity index (χ2v) is 11.5. The van der Waals surface area contributed by atoms with E-state index in [1.54, 1.807) is 0 Å². The highest BCUT2D eigenvalue weighted by Gasteiger charge is 2.32. The number of rotatable bonds is 8. The van der Waals surface area contributed by atoms with Crippen molar-refractivity contribution in [1.82, 2.24) is 14.5 Å². The van der Waals surface area contributed by atoms with Crippen molar-refractivity contribution in [2.75, 3.05) is 26.2 Å². The van der Waals surface area contributed by atoms with Gasteiger partial charge < -0.3 is 5.32 Å². The number of halogens is 2. The summed E-state index contributed by atoms with van der Waals surface area (Å²) in [6.07, 6.45) is 3.38. The van der Waals surface area contributed by atoms with E-state index in [-0.39, 0.29) is 35.5 Å². The maximum atomic E-state index is 14.0. The first-order chi connectivity index (χ1) is 16.3. The first kappa shape index (κ1) is 25.1. The quantitative estimate of drug-likeness (QED) is 0.587. The lowest BCUT2D eigenvalue weighted by Gasteiger charge is -2.30. The maximum absolute atomic E-state index is 14.0. The number of amides is 1. The molecule has 0 spiro atoms. The lowest BCUT2D eigenvalue weighted by atomic mass is 9.97. The zero-order valence-corrected chi connectivity index (χ0v) is 20.8. The Morgan fingerprint density at radius 1 is 1.03 bits per heavy atom. The highest BCUT2D eigenvalue weighted by Crippen LogP contribution is 2.26. The molecule has 1 amide bonds. The van der Waals surface area contributed by atoms with Crippen LogP contribution in [0.25, 0.3) is 0 Å². The fourth-order valence-electron chi connectivity index (χ4n) is 4.71. The molecular weight excluding hydrogens is 477 g/mol. The van der Waals surface area contributed by atoms with Crippen molar-refractivity contribution in [2.24, 2.45) is 5.92 Å². The summed E-state index contributed by atoms with van der Waals surface area (Å²) >= 11 is 6.00. The molecule has 2 aliphatic heterocycles. The van der Waals surface area contributed by atoms with Crippen LogP contribution in [0, 0.1) is 11.7 Å². The largest absolute Gasteiger partial charge is 0.352 e. The molecule has 0 bridgehead atoms. The smallest absolute Gasteiger partial charge is 0.223 e. The van der Waals surface area contributed by atoms with Gasteiger partial charge in [0, 0.05) is 42.7 Å². The van der Waals surface area contributed by atoms with E-state index in [1.165, 1.54) is 40.9 Å². The second-order valence-electron chi connectivity index (χ2n) is 9.15. The molecular formula is C25H31ClFN3O3S. The average molecular weight is 508 g/mol. The molecule has 2 saturated heterocycles. The number of carbonyl (C=O) groups is 1. The third-order valence-electron chi connectivity index (χ3n) is 6.67. The van der Waals surface area contributed by atoms with Crippen molar-refractivity contribution in [3.8, 4) is 0 Å². The van der Waals surface area contributed by atoms with Gasteiger partial charge in [-0.1, -0.05) is 41.9 Å². The Bertz CT molecular complexity index is 1090. The molecule has 0 aliphatic carbocycles. The summed E-state index contributed by atoms with van der Waals surface area (Å²) in [5.41, 5.74) is 2.30. The van der Waals surface area contributed by atoms with Crippen LogP contribution in [0.5, 0.6) is 0 Å². The molecule has 9 heteroatoms. The minimum absolute atomic E-state index is 0.0176. The van der Waals surface area contributed by atoms with Crippen molar-refractivity contribution >= 4 is 27.5 Å². The molecule has 4 rings (SSSR count). The summed E-state index contributed by atoms with van der Waals surface area (Å²) in [7, 11) is -3.73. The van der Waals surface area contributed by atoms with E-state index in [0.29, 0.717) is 19.4 Å². The average Bonchev–Trinajstić information content (AvgIpc) is 3.33. The topological polar surface area (TPSA) is 69.7 Å². The minimum atomic E-state index is -3.73. The number of hydrogen-bond donors (Lipinski definition) is 1. The number of likely N-dealkylation sites (tertiary alicyclic amines) is 1. The van der Waals surface area contributed by atoms with Crippen LogP contribution >= 0.6 is 11.6 Å². The minimum Gasteiger partial charge on any atom is -0.352 e. The van der Waals surface area contributed by atoms with E-state index in [2.05, 4.69) is 22.3 Å². The fourth-order valence-corrected chi connectivity index (χ4v) is 6.63. The van der Waals surface area contributed by atoms with Gasteiger partial charge in [0.1, 0.15) is 5.82 Å². The van der Waals surface area contributed by atoms with Crippen molar-refractivity contribution in [3.63, 3.8) is 0 Å². The number of hydrogen-bond acceptors (Lipinski definition) is 4. The number of carbonyl (C=O) groups excluding carboxylic acids is 1. The Balaban J connectivity index is 1.26. The third-order valence-corrected chi connectivity index (χ3v) is 8.83. The standard InChI is InChI=1S/C25H31ClFN3O3S/c26-23-7-4-8-24(27)22(23)18-34(32,33)30-13-9-21(10-14-30)25(31)28-16-19-5-3-6-20(15-19)17-29-11-1-2-12-29/h3-8,15,21H,1-2,9-14,16-18H2,(H,28,31). The summed E-state index contributed by atoms with van der Waals surface area (Å²) in [4.78, 5) is 15.2. The Labute approximate surface area is 206 Å². The van der Waals surface area contributed by atoms with Crippen molar-refractivity contribution in [3.05, 3.63) is 70.0 Å². The molecule has 2 aromatic carbocycles. The Kier molecular flexibility index (Phi) is 8.24. The molecule has 1 N–H and O–H groups in total. The van der Waals surface area contributed by atoms with Crippen LogP contribution in [0.3, 0.4) is 0 Å². The van der Waals surface area contributed by atoms with Crippen LogP contribution in [0.4, 0.5) is 4.39 Å². The van der Waals surface area contributed by atoms with Crippen LogP contribution in [-0.2, 0) is 33.7 Å². The molecule has 34 heavy (non-hydrogen) atoms. The van der Waals surface area contributed by atoms with Crippen molar-refractivity contribution in [1.29, 1.82) is 0 Å². The van der Waals surface area contributed by atoms with Gasteiger partial charge in [0.15, 0.2) is 0 Å². The summed E-state index contributed by atoms with van der Waals surface area (Å²) in [6, 6.07) is 12.4. The highest BCUT2D eigenvalue weighted by atomic mass is 35.5. The van der Waals surface area contributed by atoms with E-state index in [4.69, 9.17) is 11.6 Å². The zero-order chi connectivity index (χ0) is 24.1. The number of nitrogens with one attached hydrogen (secondary N) is 1. The SMILES string of the molecule is O=C(NCc1cccc(CN2CCCC2)c1)C1CCN(S(=O)(=O)Cc2c(F)cccc2Cl)CC1. The van der Waals surface area contributed by atoms with E-state index < -0.39 is 21.6 Å². The van der Waals surface area contributed by atoms with Crippen LogP contribution in [-0.4, -0.2) is 49.7 Å². The van der Waals surface area contributed by atoms with Crippen LogP contribution < -0.4 is 5.32 Å². The van der Waals surface area contributed by atoms with Gasteiger partial charge in [-0.2, -0.15) is 0 Å². The van der Waals surface area contributed by atoms with E-state index in [1.807, 2.05) is 12.1 Å². The maximum Gasteiger partial charge on any atom is 0.223 e. The van der Waals surface area contributed by atoms with Crippen LogP contribution in [0.1, 0.15) is 42.4 Å². The molecule has 0 saturated carbocycles. The lowest BCUT2D eigenvalue weighted by Crippen LogP contribution is -2.43. The first-order valence-corrected chi connectivity index (χ1v) is 13.8. The van der Waals surface area contributed by atoms with Gasteiger partial charge in [-0.3, -0.25) is 9.69 Å². The molecule has 0 aromatic heterocycles. The van der Waals surface area contributed by atoms with Crippen molar-refractivity contribution < 1.29 is 17.6 Å². The molecule has 6 nitrogen and oxygen atoms in total. The lowest BCUT2D eigenvalue weighted by molar-refractivity contribution is -0.126. The molecule has 0 atom stereocenters. The number of sulfonamides is 1. The van der Waals surface area contributed by atoms with Gasteiger partial charge in [-0.05, 0) is 62.0 Å². The molecule has 2 fully saturated rings. The van der Waals surface area contributed by atoms with E-state index >= 15 is 0 Å². The molecule has 0 unspecified atom stereocenters. The molecule has 2 aliphatic rings. The molecule has 2 aromatic rings. The van der Waals surface area contributed by atoms with Crippen LogP contribution in [0.15, 0.2) is 42.5 Å². The van der Waals surface area contributed by atoms with E-state index in [9.17, 15) is 17.6 Å². The zero-order valence-electron chi connectivity index (χ0n) is 19.2. The van der Waals surface area contributed by atoms with Crippen molar-refractivity contribution in [2.45, 2.75) is 44.5 Å². The van der Waals surface area contributed by atoms with Gasteiger partial charge in [-0.25, -0.2) is 17.1 Å². The highest BCUT2D eigenvalue weighted by molar-refractivity contribution is 7.88. The second kappa shape index (κ2) is 11.2. The van der Waals surface area contributed by atoms with Crippen LogP contribution in [0.2, 0.25) is 5.02 Å². The Morgan fingerprint density at radius 2 is 1.71 bits per heavy atom. The predicted molar refractivity (Wildman–Crippen MR) is 131 cm³/mol. The molecule has 184 valence electrons. The van der Waals surface area contributed by atoms with Gasteiger partial charge in [0.25, 0.3) is 0 Å². The summed E-state index contributed by atoms with van der Waals surface area (Å²) in [5, 5.41) is 3.11. The number of piperidine rings is 1. The normalized spacial score (nSPS) is 18.3. The summed E-state index contributed by atoms with van der Waals surface area (Å²) in [5.74, 6) is -1.41. The van der Waals surface area contributed by atoms with Gasteiger partial charge in [-0.15, -0.1) is 0 Å². The van der Waals surface area contributed by atoms with Gasteiger partial charge in [0.2, 0.25) is 15.9 Å². The summed E-state index contributed by atoms with van der Waals surface area (Å²) in [6.45, 7) is 4.14. The van der Waals surface area contributed by atoms with Gasteiger partial charge in [0.05, 0.1) is 5.75 Å². The predicted octanol–water partition coefficient (Wildman–Crippen LogP) is 3.93. The fraction of sp³-hybridized carbons (Fsp3) is 0.480. The molecule has 2 heterocycles. The van der Waals surface area contributed by atoms with Gasteiger partial charge >= 0.3 is 0 Å².